The third-order valence-corrected chi connectivity index (χ3v) is 3.31. The van der Waals surface area contributed by atoms with E-state index in [1.54, 1.807) is 6.26 Å². The van der Waals surface area contributed by atoms with Crippen LogP contribution in [0.15, 0.2) is 55.9 Å². The summed E-state index contributed by atoms with van der Waals surface area (Å²) in [6, 6.07) is 11.9. The standard InChI is InChI=1S/C17H19NO3/c1-13-5-7-16(20-13)11-18(10-15-4-3-9-19-15)12-17-8-6-14(2)21-17/h3-9H,10-12H2,1-2H3. The third kappa shape index (κ3) is 3.67. The normalized spacial score (nSPS) is 11.4. The Kier molecular flexibility index (Phi) is 3.97. The van der Waals surface area contributed by atoms with Crippen molar-refractivity contribution in [3.05, 3.63) is 71.5 Å². The number of hydrogen-bond donors (Lipinski definition) is 0. The largest absolute Gasteiger partial charge is 0.468 e. The molecule has 0 saturated heterocycles. The van der Waals surface area contributed by atoms with Crippen LogP contribution < -0.4 is 0 Å². The van der Waals surface area contributed by atoms with E-state index in [2.05, 4.69) is 4.90 Å². The molecule has 0 spiro atoms. The van der Waals surface area contributed by atoms with Gasteiger partial charge in [0.05, 0.1) is 25.9 Å². The molecule has 0 bridgehead atoms. The zero-order chi connectivity index (χ0) is 14.7. The van der Waals surface area contributed by atoms with Crippen molar-refractivity contribution >= 4 is 0 Å². The van der Waals surface area contributed by atoms with Gasteiger partial charge < -0.3 is 13.3 Å². The van der Waals surface area contributed by atoms with Crippen LogP contribution in [0, 0.1) is 13.8 Å². The Hall–Kier alpha value is -2.20. The highest BCUT2D eigenvalue weighted by Gasteiger charge is 2.13. The molecule has 3 rings (SSSR count). The number of rotatable bonds is 6. The molecule has 4 heteroatoms. The molecule has 0 N–H and O–H groups in total. The smallest absolute Gasteiger partial charge is 0.118 e. The van der Waals surface area contributed by atoms with Gasteiger partial charge in [-0.1, -0.05) is 0 Å². The van der Waals surface area contributed by atoms with Crippen molar-refractivity contribution < 1.29 is 13.3 Å². The van der Waals surface area contributed by atoms with Gasteiger partial charge in [0.15, 0.2) is 0 Å². The van der Waals surface area contributed by atoms with E-state index < -0.39 is 0 Å². The molecule has 110 valence electrons. The molecular formula is C17H19NO3. The van der Waals surface area contributed by atoms with Crippen LogP contribution in [0.25, 0.3) is 0 Å². The third-order valence-electron chi connectivity index (χ3n) is 3.31. The molecule has 3 aromatic heterocycles. The van der Waals surface area contributed by atoms with Crippen LogP contribution in [0.3, 0.4) is 0 Å². The van der Waals surface area contributed by atoms with Gasteiger partial charge >= 0.3 is 0 Å². The summed E-state index contributed by atoms with van der Waals surface area (Å²) in [5.74, 6) is 4.68. The fourth-order valence-electron chi connectivity index (χ4n) is 2.37. The number of aryl methyl sites for hydroxylation is 2. The highest BCUT2D eigenvalue weighted by Crippen LogP contribution is 2.17. The maximum atomic E-state index is 5.67. The quantitative estimate of drug-likeness (QED) is 0.677. The van der Waals surface area contributed by atoms with Crippen LogP contribution in [0.1, 0.15) is 28.8 Å². The topological polar surface area (TPSA) is 42.7 Å². The second kappa shape index (κ2) is 6.06. The lowest BCUT2D eigenvalue weighted by Crippen LogP contribution is -2.21. The summed E-state index contributed by atoms with van der Waals surface area (Å²) >= 11 is 0. The zero-order valence-corrected chi connectivity index (χ0v) is 12.3. The average molecular weight is 285 g/mol. The fourth-order valence-corrected chi connectivity index (χ4v) is 2.37. The van der Waals surface area contributed by atoms with Crippen LogP contribution in [-0.2, 0) is 19.6 Å². The molecule has 0 atom stereocenters. The fraction of sp³-hybridized carbons (Fsp3) is 0.294. The molecule has 0 unspecified atom stereocenters. The molecule has 0 radical (unpaired) electrons. The monoisotopic (exact) mass is 285 g/mol. The predicted octanol–water partition coefficient (Wildman–Crippen LogP) is 4.28. The predicted molar refractivity (Wildman–Crippen MR) is 78.5 cm³/mol. The van der Waals surface area contributed by atoms with Gasteiger partial charge in [-0.2, -0.15) is 0 Å². The first kappa shape index (κ1) is 13.8. The van der Waals surface area contributed by atoms with E-state index in [4.69, 9.17) is 13.3 Å². The van der Waals surface area contributed by atoms with Gasteiger partial charge in [-0.3, -0.25) is 4.90 Å². The summed E-state index contributed by atoms with van der Waals surface area (Å²) in [6.45, 7) is 6.06. The molecule has 3 aromatic rings. The molecule has 21 heavy (non-hydrogen) atoms. The SMILES string of the molecule is Cc1ccc(CN(Cc2ccco2)Cc2ccc(C)o2)o1. The Labute approximate surface area is 124 Å². The minimum Gasteiger partial charge on any atom is -0.468 e. The first-order chi connectivity index (χ1) is 10.2. The van der Waals surface area contributed by atoms with Crippen LogP contribution in [0.4, 0.5) is 0 Å². The summed E-state index contributed by atoms with van der Waals surface area (Å²) in [5.41, 5.74) is 0. The van der Waals surface area contributed by atoms with Gasteiger partial charge in [-0.25, -0.2) is 0 Å². The summed E-state index contributed by atoms with van der Waals surface area (Å²) in [7, 11) is 0. The van der Waals surface area contributed by atoms with E-state index in [-0.39, 0.29) is 0 Å². The minimum absolute atomic E-state index is 0.715. The minimum atomic E-state index is 0.715. The first-order valence-corrected chi connectivity index (χ1v) is 7.04. The van der Waals surface area contributed by atoms with E-state index in [1.807, 2.05) is 50.2 Å². The number of nitrogens with zero attached hydrogens (tertiary/aromatic N) is 1. The molecule has 0 aliphatic heterocycles. The van der Waals surface area contributed by atoms with E-state index >= 15 is 0 Å². The van der Waals surface area contributed by atoms with Crippen molar-refractivity contribution in [1.29, 1.82) is 0 Å². The summed E-state index contributed by atoms with van der Waals surface area (Å²) in [5, 5.41) is 0. The van der Waals surface area contributed by atoms with Crippen LogP contribution in [0.5, 0.6) is 0 Å². The number of hydrogen-bond acceptors (Lipinski definition) is 4. The molecule has 0 aliphatic rings. The van der Waals surface area contributed by atoms with Crippen molar-refractivity contribution in [3.8, 4) is 0 Å². The second-order valence-electron chi connectivity index (χ2n) is 5.25. The summed E-state index contributed by atoms with van der Waals surface area (Å²) in [6.07, 6.45) is 1.70. The van der Waals surface area contributed by atoms with Crippen LogP contribution in [0.2, 0.25) is 0 Å². The van der Waals surface area contributed by atoms with Crippen LogP contribution in [-0.4, -0.2) is 4.90 Å². The van der Waals surface area contributed by atoms with Gasteiger partial charge in [-0.05, 0) is 50.2 Å². The maximum Gasteiger partial charge on any atom is 0.118 e. The first-order valence-electron chi connectivity index (χ1n) is 7.04. The molecule has 0 amide bonds. The lowest BCUT2D eigenvalue weighted by atomic mass is 10.3. The van der Waals surface area contributed by atoms with Crippen molar-refractivity contribution in [2.45, 2.75) is 33.5 Å². The van der Waals surface area contributed by atoms with Crippen molar-refractivity contribution in [3.63, 3.8) is 0 Å². The van der Waals surface area contributed by atoms with Crippen molar-refractivity contribution in [2.75, 3.05) is 0 Å². The zero-order valence-electron chi connectivity index (χ0n) is 12.3. The van der Waals surface area contributed by atoms with Crippen molar-refractivity contribution in [2.24, 2.45) is 0 Å². The molecule has 0 aliphatic carbocycles. The average Bonchev–Trinajstić information content (AvgIpc) is 3.15. The molecule has 0 fully saturated rings. The van der Waals surface area contributed by atoms with E-state index in [0.717, 1.165) is 28.8 Å². The Morgan fingerprint density at radius 2 is 1.33 bits per heavy atom. The summed E-state index contributed by atoms with van der Waals surface area (Å²) < 4.78 is 16.8. The van der Waals surface area contributed by atoms with Gasteiger partial charge in [0, 0.05) is 0 Å². The van der Waals surface area contributed by atoms with E-state index in [9.17, 15) is 0 Å². The molecule has 0 aromatic carbocycles. The molecule has 0 saturated carbocycles. The molecular weight excluding hydrogens is 266 g/mol. The molecule has 3 heterocycles. The van der Waals surface area contributed by atoms with Gasteiger partial charge in [0.1, 0.15) is 28.8 Å². The van der Waals surface area contributed by atoms with Gasteiger partial charge in [-0.15, -0.1) is 0 Å². The number of furan rings is 3. The Bertz CT molecular complexity index is 636. The lowest BCUT2D eigenvalue weighted by molar-refractivity contribution is 0.193. The summed E-state index contributed by atoms with van der Waals surface area (Å²) in [4.78, 5) is 2.23. The highest BCUT2D eigenvalue weighted by atomic mass is 16.3. The van der Waals surface area contributed by atoms with Gasteiger partial charge in [0.25, 0.3) is 0 Å². The second-order valence-corrected chi connectivity index (χ2v) is 5.25. The Balaban J connectivity index is 1.73. The Morgan fingerprint density at radius 3 is 1.76 bits per heavy atom. The Morgan fingerprint density at radius 1 is 0.762 bits per heavy atom. The van der Waals surface area contributed by atoms with E-state index in [0.29, 0.717) is 19.6 Å². The van der Waals surface area contributed by atoms with Crippen LogP contribution >= 0.6 is 0 Å². The maximum absolute atomic E-state index is 5.67. The van der Waals surface area contributed by atoms with Crippen molar-refractivity contribution in [1.82, 2.24) is 4.90 Å². The highest BCUT2D eigenvalue weighted by molar-refractivity contribution is 5.08. The lowest BCUT2D eigenvalue weighted by Gasteiger charge is -2.18. The molecule has 4 nitrogen and oxygen atoms in total. The van der Waals surface area contributed by atoms with E-state index in [1.165, 1.54) is 0 Å². The van der Waals surface area contributed by atoms with Gasteiger partial charge in [0.2, 0.25) is 0 Å².